The number of ketones is 1. The quantitative estimate of drug-likeness (QED) is 0.475. The van der Waals surface area contributed by atoms with Crippen molar-refractivity contribution in [3.05, 3.63) is 0 Å². The maximum Gasteiger partial charge on any atom is 0.213 e. The molecule has 1 aliphatic carbocycles. The van der Waals surface area contributed by atoms with Gasteiger partial charge in [-0.3, -0.25) is 4.79 Å². The molecule has 0 saturated heterocycles. The van der Waals surface area contributed by atoms with Crippen LogP contribution in [0.5, 0.6) is 0 Å². The summed E-state index contributed by atoms with van der Waals surface area (Å²) in [4.78, 5) is 11.1. The van der Waals surface area contributed by atoms with Gasteiger partial charge >= 0.3 is 0 Å². The molecule has 1 aliphatic rings. The third-order valence-corrected chi connectivity index (χ3v) is 2.48. The second-order valence-electron chi connectivity index (χ2n) is 2.31. The number of carbonyl (C=O) groups excluding carboxylic acids is 1. The van der Waals surface area contributed by atoms with Gasteiger partial charge in [0.15, 0.2) is 0 Å². The highest BCUT2D eigenvalue weighted by molar-refractivity contribution is 7.73. The van der Waals surface area contributed by atoms with Crippen LogP contribution in [0, 0.1) is 0 Å². The van der Waals surface area contributed by atoms with Crippen LogP contribution in [0.25, 0.3) is 0 Å². The highest BCUT2D eigenvalue weighted by Crippen LogP contribution is 2.10. The molecule has 0 unspecified atom stereocenters. The van der Waals surface area contributed by atoms with Crippen LogP contribution in [0.4, 0.5) is 0 Å². The molecule has 0 bridgehead atoms. The Labute approximate surface area is 60.6 Å². The zero-order valence-electron chi connectivity index (χ0n) is 5.46. The second-order valence-corrected chi connectivity index (χ2v) is 3.36. The van der Waals surface area contributed by atoms with Gasteiger partial charge in [-0.1, -0.05) is 0 Å². The fourth-order valence-corrected chi connectivity index (χ4v) is 1.51. The number of carbonyl (C=O) groups is 1. The largest absolute Gasteiger partial charge is 0.300 e. The van der Waals surface area contributed by atoms with Gasteiger partial charge in [-0.05, 0) is 12.8 Å². The Bertz CT molecular complexity index is 253. The van der Waals surface area contributed by atoms with E-state index in [1.54, 1.807) is 0 Å². The fraction of sp³-hybridized carbons (Fsp3) is 0.667. The SMILES string of the molecule is O=C1CCC(=S(=O)=O)CC1. The van der Waals surface area contributed by atoms with E-state index in [2.05, 4.69) is 0 Å². The lowest BCUT2D eigenvalue weighted by Gasteiger charge is -2.07. The van der Waals surface area contributed by atoms with Crippen molar-refractivity contribution in [1.82, 2.24) is 0 Å². The van der Waals surface area contributed by atoms with Crippen LogP contribution in [0.1, 0.15) is 25.7 Å². The van der Waals surface area contributed by atoms with Gasteiger partial charge in [0.1, 0.15) is 5.78 Å². The summed E-state index contributed by atoms with van der Waals surface area (Å²) in [5.74, 6) is 0.175. The first-order valence-electron chi connectivity index (χ1n) is 3.16. The third kappa shape index (κ3) is 1.67. The van der Waals surface area contributed by atoms with E-state index in [0.717, 1.165) is 0 Å². The predicted molar refractivity (Wildman–Crippen MR) is 37.4 cm³/mol. The molecular formula is C6H8O3S. The average molecular weight is 160 g/mol. The number of Topliss-reactive ketones (excluding diaryl/α,β-unsaturated/α-hetero) is 1. The summed E-state index contributed by atoms with van der Waals surface area (Å²) in [5.41, 5.74) is 0. The van der Waals surface area contributed by atoms with Crippen LogP contribution >= 0.6 is 0 Å². The third-order valence-electron chi connectivity index (χ3n) is 1.60. The topological polar surface area (TPSA) is 51.2 Å². The molecule has 0 spiro atoms. The number of rotatable bonds is 0. The molecule has 0 heterocycles. The Morgan fingerprint density at radius 3 is 1.90 bits per heavy atom. The van der Waals surface area contributed by atoms with E-state index in [0.29, 0.717) is 30.5 Å². The summed E-state index contributed by atoms with van der Waals surface area (Å²) in [7, 11) is -2.05. The highest BCUT2D eigenvalue weighted by Gasteiger charge is 2.14. The van der Waals surface area contributed by atoms with Gasteiger partial charge in [-0.25, -0.2) is 0 Å². The van der Waals surface area contributed by atoms with E-state index >= 15 is 0 Å². The van der Waals surface area contributed by atoms with Crippen molar-refractivity contribution in [2.75, 3.05) is 0 Å². The molecular weight excluding hydrogens is 152 g/mol. The first-order chi connectivity index (χ1) is 4.70. The zero-order chi connectivity index (χ0) is 7.56. The highest BCUT2D eigenvalue weighted by atomic mass is 32.2. The molecule has 0 N–H and O–H groups in total. The van der Waals surface area contributed by atoms with Crippen LogP contribution in [0.15, 0.2) is 0 Å². The molecule has 0 aliphatic heterocycles. The van der Waals surface area contributed by atoms with E-state index in [1.807, 2.05) is 0 Å². The first kappa shape index (κ1) is 7.47. The van der Waals surface area contributed by atoms with Gasteiger partial charge in [0, 0.05) is 12.8 Å². The summed E-state index contributed by atoms with van der Waals surface area (Å²) >= 11 is 0. The Morgan fingerprint density at radius 1 is 1.00 bits per heavy atom. The molecule has 1 rings (SSSR count). The molecule has 1 saturated carbocycles. The van der Waals surface area contributed by atoms with Crippen molar-refractivity contribution >= 4 is 20.9 Å². The lowest BCUT2D eigenvalue weighted by atomic mass is 9.99. The van der Waals surface area contributed by atoms with Gasteiger partial charge in [0.05, 0.1) is 4.86 Å². The van der Waals surface area contributed by atoms with Gasteiger partial charge < -0.3 is 0 Å². The molecule has 4 heteroatoms. The van der Waals surface area contributed by atoms with Gasteiger partial charge in [-0.15, -0.1) is 0 Å². The molecule has 0 atom stereocenters. The molecule has 1 fully saturated rings. The summed E-state index contributed by atoms with van der Waals surface area (Å²) in [6, 6.07) is 0. The standard InChI is InChI=1S/C6H8O3S/c7-5-1-3-6(4-2-5)10(8)9/h1-4H2. The smallest absolute Gasteiger partial charge is 0.213 e. The Morgan fingerprint density at radius 2 is 1.50 bits per heavy atom. The lowest BCUT2D eigenvalue weighted by Crippen LogP contribution is -2.13. The Hall–Kier alpha value is -0.640. The molecule has 0 amide bonds. The van der Waals surface area contributed by atoms with E-state index in [4.69, 9.17) is 0 Å². The molecule has 0 aromatic carbocycles. The molecule has 0 aromatic heterocycles. The minimum absolute atomic E-state index is 0.175. The lowest BCUT2D eigenvalue weighted by molar-refractivity contribution is -0.119. The van der Waals surface area contributed by atoms with Crippen molar-refractivity contribution in [3.63, 3.8) is 0 Å². The van der Waals surface area contributed by atoms with Gasteiger partial charge in [-0.2, -0.15) is 8.42 Å². The van der Waals surface area contributed by atoms with E-state index in [9.17, 15) is 13.2 Å². The first-order valence-corrected chi connectivity index (χ1v) is 4.23. The van der Waals surface area contributed by atoms with Crippen LogP contribution < -0.4 is 0 Å². The van der Waals surface area contributed by atoms with Crippen LogP contribution in [-0.4, -0.2) is 19.1 Å². The molecule has 0 radical (unpaired) electrons. The average Bonchev–Trinajstić information content (AvgIpc) is 1.88. The molecule has 10 heavy (non-hydrogen) atoms. The number of hydrogen-bond donors (Lipinski definition) is 0. The molecule has 3 nitrogen and oxygen atoms in total. The predicted octanol–water partition coefficient (Wildman–Crippen LogP) is 0.181. The number of hydrogen-bond acceptors (Lipinski definition) is 3. The van der Waals surface area contributed by atoms with Crippen LogP contribution in [-0.2, 0) is 15.1 Å². The van der Waals surface area contributed by atoms with Gasteiger partial charge in [0.2, 0.25) is 10.3 Å². The van der Waals surface area contributed by atoms with Crippen molar-refractivity contribution in [2.24, 2.45) is 0 Å². The van der Waals surface area contributed by atoms with E-state index < -0.39 is 10.3 Å². The summed E-state index contributed by atoms with van der Waals surface area (Å²) in [6.07, 6.45) is 1.69. The fourth-order valence-electron chi connectivity index (χ4n) is 0.974. The monoisotopic (exact) mass is 160 g/mol. The van der Waals surface area contributed by atoms with Crippen molar-refractivity contribution in [1.29, 1.82) is 0 Å². The minimum Gasteiger partial charge on any atom is -0.300 e. The molecule has 0 aromatic rings. The maximum absolute atomic E-state index is 10.6. The summed E-state index contributed by atoms with van der Waals surface area (Å²) in [5, 5.41) is 0. The zero-order valence-corrected chi connectivity index (χ0v) is 6.28. The normalized spacial score (nSPS) is 19.2. The van der Waals surface area contributed by atoms with E-state index in [-0.39, 0.29) is 5.78 Å². The van der Waals surface area contributed by atoms with Crippen molar-refractivity contribution < 1.29 is 13.2 Å². The van der Waals surface area contributed by atoms with Crippen LogP contribution in [0.2, 0.25) is 0 Å². The van der Waals surface area contributed by atoms with Gasteiger partial charge in [0.25, 0.3) is 0 Å². The molecule has 56 valence electrons. The van der Waals surface area contributed by atoms with Crippen molar-refractivity contribution in [2.45, 2.75) is 25.7 Å². The van der Waals surface area contributed by atoms with Crippen LogP contribution in [0.3, 0.4) is 0 Å². The Balaban J connectivity index is 2.74. The minimum atomic E-state index is -2.05. The summed E-state index contributed by atoms with van der Waals surface area (Å²) < 4.78 is 20.6. The van der Waals surface area contributed by atoms with Crippen molar-refractivity contribution in [3.8, 4) is 0 Å². The van der Waals surface area contributed by atoms with E-state index in [1.165, 1.54) is 0 Å². The second kappa shape index (κ2) is 2.96. The maximum atomic E-state index is 10.6. The summed E-state index contributed by atoms with van der Waals surface area (Å²) in [6.45, 7) is 0. The Kier molecular flexibility index (Phi) is 2.21.